The summed E-state index contributed by atoms with van der Waals surface area (Å²) in [5.41, 5.74) is 0. The first kappa shape index (κ1) is 15.9. The number of nitrogens with one attached hydrogen (secondary N) is 1. The maximum absolute atomic E-state index is 9.93. The summed E-state index contributed by atoms with van der Waals surface area (Å²) >= 11 is 0. The van der Waals surface area contributed by atoms with Crippen LogP contribution in [0.2, 0.25) is 0 Å². The molecule has 0 radical (unpaired) electrons. The van der Waals surface area contributed by atoms with E-state index in [2.05, 4.69) is 5.32 Å². The van der Waals surface area contributed by atoms with E-state index in [1.807, 2.05) is 6.92 Å². The third kappa shape index (κ3) is 15.9. The fraction of sp³-hybridized carbons (Fsp3) is 0.750. The molecule has 1 amide bonds. The predicted molar refractivity (Wildman–Crippen MR) is 24.4 cm³/mol. The van der Waals surface area contributed by atoms with Crippen molar-refractivity contribution in [2.45, 2.75) is 13.8 Å². The van der Waals surface area contributed by atoms with E-state index in [0.29, 0.717) is 0 Å². The van der Waals surface area contributed by atoms with Gasteiger partial charge < -0.3 is 17.7 Å². The van der Waals surface area contributed by atoms with Crippen LogP contribution in [0.4, 0.5) is 0 Å². The van der Waals surface area contributed by atoms with Crippen molar-refractivity contribution in [3.63, 3.8) is 0 Å². The molecule has 0 aromatic carbocycles. The molecule has 0 aromatic rings. The Bertz CT molecular complexity index is 60.0. The van der Waals surface area contributed by atoms with Gasteiger partial charge in [0.25, 0.3) is 0 Å². The van der Waals surface area contributed by atoms with E-state index in [9.17, 15) is 4.79 Å². The quantitative estimate of drug-likeness (QED) is 0.366. The zero-order valence-electron chi connectivity index (χ0n) is 5.49. The molecule has 0 aliphatic rings. The molecule has 0 heterocycles. The first-order valence-electron chi connectivity index (χ1n) is 2.01. The zero-order valence-corrected chi connectivity index (χ0v) is 8.25. The summed E-state index contributed by atoms with van der Waals surface area (Å²) in [4.78, 5) is 9.93. The van der Waals surface area contributed by atoms with Crippen LogP contribution < -0.4 is 47.3 Å². The van der Waals surface area contributed by atoms with Crippen LogP contribution in [0.15, 0.2) is 0 Å². The van der Waals surface area contributed by atoms with Crippen molar-refractivity contribution in [1.29, 1.82) is 0 Å². The van der Waals surface area contributed by atoms with Crippen molar-refractivity contribution in [2.24, 2.45) is 0 Å². The van der Waals surface area contributed by atoms with Crippen molar-refractivity contribution in [3.8, 4) is 0 Å². The smallest absolute Gasteiger partial charge is 1.00 e. The van der Waals surface area contributed by atoms with Gasteiger partial charge in [0.15, 0.2) is 0 Å². The van der Waals surface area contributed by atoms with E-state index in [1.54, 1.807) is 0 Å². The first-order chi connectivity index (χ1) is 2.77. The van der Waals surface area contributed by atoms with Gasteiger partial charge >= 0.3 is 29.6 Å². The normalized spacial score (nSPS) is 5.75. The topological polar surface area (TPSA) is 29.1 Å². The molecule has 0 spiro atoms. The van der Waals surface area contributed by atoms with Crippen molar-refractivity contribution in [2.75, 3.05) is 6.54 Å². The minimum absolute atomic E-state index is 0. The van der Waals surface area contributed by atoms with Crippen molar-refractivity contribution in [1.82, 2.24) is 5.32 Å². The summed E-state index contributed by atoms with van der Waals surface area (Å²) < 4.78 is 0. The molecular weight excluding hydrogens is 136 g/mol. The van der Waals surface area contributed by atoms with Gasteiger partial charge in [0.05, 0.1) is 0 Å². The number of hydrogen-bond acceptors (Lipinski definition) is 1. The summed E-state index contributed by atoms with van der Waals surface area (Å²) in [6.45, 7) is 4.13. The third-order valence-corrected chi connectivity index (χ3v) is 0.426. The fourth-order valence-corrected chi connectivity index (χ4v) is 0.249. The van der Waals surface area contributed by atoms with Crippen molar-refractivity contribution in [3.05, 3.63) is 0 Å². The Kier molecular flexibility index (Phi) is 21.2. The van der Waals surface area contributed by atoms with Gasteiger partial charge in [-0.2, -0.15) is 0 Å². The number of hydrogen-bond donors (Lipinski definition) is 1. The second-order valence-corrected chi connectivity index (χ2v) is 1.09. The predicted octanol–water partition coefficient (Wildman–Crippen LogP) is -5.85. The van der Waals surface area contributed by atoms with E-state index in [-0.39, 0.29) is 47.9 Å². The van der Waals surface area contributed by atoms with Gasteiger partial charge in [-0.25, -0.2) is 0 Å². The van der Waals surface area contributed by atoms with Gasteiger partial charge in [0.1, 0.15) is 0 Å². The Hall–Kier alpha value is 0.760. The van der Waals surface area contributed by atoms with Crippen molar-refractivity contribution < 1.29 is 46.8 Å². The van der Waals surface area contributed by atoms with E-state index in [4.69, 9.17) is 0 Å². The van der Waals surface area contributed by atoms with E-state index < -0.39 is 0 Å². The Morgan fingerprint density at radius 1 is 1.62 bits per heavy atom. The van der Waals surface area contributed by atoms with E-state index >= 15 is 0 Å². The Labute approximate surface area is 78.1 Å². The summed E-state index contributed by atoms with van der Waals surface area (Å²) in [6, 6.07) is 0. The molecule has 0 aliphatic heterocycles. The SMILES string of the molecule is CCNC(C)=O.[Cl-].[Na+]. The molecule has 0 saturated carbocycles. The second kappa shape index (κ2) is 10.7. The van der Waals surface area contributed by atoms with Crippen LogP contribution in [-0.4, -0.2) is 12.5 Å². The summed E-state index contributed by atoms with van der Waals surface area (Å²) in [5, 5.41) is 2.57. The molecule has 0 saturated heterocycles. The Morgan fingerprint density at radius 2 is 2.00 bits per heavy atom. The molecule has 0 unspecified atom stereocenters. The van der Waals surface area contributed by atoms with E-state index in [0.717, 1.165) is 6.54 Å². The van der Waals surface area contributed by atoms with Gasteiger partial charge in [-0.05, 0) is 6.92 Å². The summed E-state index contributed by atoms with van der Waals surface area (Å²) in [6.07, 6.45) is 0. The average molecular weight is 146 g/mol. The van der Waals surface area contributed by atoms with Crippen LogP contribution in [0, 0.1) is 0 Å². The molecule has 0 aliphatic carbocycles. The van der Waals surface area contributed by atoms with Crippen LogP contribution in [0.5, 0.6) is 0 Å². The molecule has 0 fully saturated rings. The summed E-state index contributed by atoms with van der Waals surface area (Å²) in [5.74, 6) is 0.0394. The number of rotatable bonds is 1. The molecule has 44 valence electrons. The molecule has 1 N–H and O–H groups in total. The maximum Gasteiger partial charge on any atom is 1.00 e. The van der Waals surface area contributed by atoms with Gasteiger partial charge in [0.2, 0.25) is 5.91 Å². The monoisotopic (exact) mass is 145 g/mol. The van der Waals surface area contributed by atoms with Gasteiger partial charge in [-0.3, -0.25) is 4.79 Å². The largest absolute Gasteiger partial charge is 1.00 e. The van der Waals surface area contributed by atoms with Crippen LogP contribution in [0.3, 0.4) is 0 Å². The molecule has 8 heavy (non-hydrogen) atoms. The summed E-state index contributed by atoms with van der Waals surface area (Å²) in [7, 11) is 0. The first-order valence-corrected chi connectivity index (χ1v) is 2.01. The number of amides is 1. The Balaban J connectivity index is -0.000000125. The number of halogens is 1. The molecular formula is C4H9ClNNaO. The van der Waals surface area contributed by atoms with Crippen LogP contribution in [0.25, 0.3) is 0 Å². The average Bonchev–Trinajstić information content (AvgIpc) is 1.35. The van der Waals surface area contributed by atoms with Gasteiger partial charge in [-0.15, -0.1) is 0 Å². The molecule has 0 bridgehead atoms. The molecule has 0 rings (SSSR count). The van der Waals surface area contributed by atoms with Gasteiger partial charge in [-0.1, -0.05) is 0 Å². The molecule has 0 aromatic heterocycles. The fourth-order valence-electron chi connectivity index (χ4n) is 0.249. The Morgan fingerprint density at radius 3 is 2.00 bits per heavy atom. The van der Waals surface area contributed by atoms with Crippen LogP contribution in [-0.2, 0) is 4.79 Å². The van der Waals surface area contributed by atoms with Crippen LogP contribution >= 0.6 is 0 Å². The molecule has 4 heteroatoms. The maximum atomic E-state index is 9.93. The number of carbonyl (C=O) groups is 1. The van der Waals surface area contributed by atoms with Crippen molar-refractivity contribution >= 4 is 5.91 Å². The zero-order chi connectivity index (χ0) is 4.99. The molecule has 0 atom stereocenters. The standard InChI is InChI=1S/C4H9NO.ClH.Na/c1-3-5-4(2)6;;/h3H2,1-2H3,(H,5,6);1H;/q;;+1/p-1. The van der Waals surface area contributed by atoms with Crippen LogP contribution in [0.1, 0.15) is 13.8 Å². The number of carbonyl (C=O) groups excluding carboxylic acids is 1. The minimum Gasteiger partial charge on any atom is -1.00 e. The van der Waals surface area contributed by atoms with E-state index in [1.165, 1.54) is 6.92 Å². The third-order valence-electron chi connectivity index (χ3n) is 0.426. The second-order valence-electron chi connectivity index (χ2n) is 1.09. The minimum atomic E-state index is 0. The molecule has 2 nitrogen and oxygen atoms in total. The van der Waals surface area contributed by atoms with Gasteiger partial charge in [0, 0.05) is 13.5 Å².